The average Bonchev–Trinajstić information content (AvgIpc) is 2.58. The van der Waals surface area contributed by atoms with Crippen LogP contribution in [0.4, 0.5) is 18.0 Å². The zero-order valence-electron chi connectivity index (χ0n) is 15.6. The Morgan fingerprint density at radius 3 is 2.30 bits per heavy atom. The topological polar surface area (TPSA) is 55.8 Å². The second-order valence-electron chi connectivity index (χ2n) is 7.16. The lowest BCUT2D eigenvalue weighted by Crippen LogP contribution is -2.39. The van der Waals surface area contributed by atoms with Gasteiger partial charge in [-0.2, -0.15) is 13.2 Å². The molecule has 27 heavy (non-hydrogen) atoms. The largest absolute Gasteiger partial charge is 0.465 e. The molecule has 1 amide bonds. The minimum absolute atomic E-state index is 0.240. The van der Waals surface area contributed by atoms with Crippen molar-refractivity contribution in [1.82, 2.24) is 4.90 Å². The molecule has 0 unspecified atom stereocenters. The maximum Gasteiger partial charge on any atom is 0.417 e. The summed E-state index contributed by atoms with van der Waals surface area (Å²) < 4.78 is 49.7. The van der Waals surface area contributed by atoms with Crippen LogP contribution in [0.2, 0.25) is 0 Å². The number of hydrogen-bond acceptors (Lipinski definition) is 4. The third-order valence-electron chi connectivity index (χ3n) is 3.96. The standard InChI is InChI=1S/C19H22F3NO4/c1-18(2,3)27-17(25)23-9-7-12(8-10-23)13-5-6-14(16(24)26-4)15(11-13)19(20,21)22/h5-7,11H,8-10H2,1-4H3. The van der Waals surface area contributed by atoms with Crippen molar-refractivity contribution in [3.63, 3.8) is 0 Å². The van der Waals surface area contributed by atoms with Gasteiger partial charge in [0.2, 0.25) is 0 Å². The van der Waals surface area contributed by atoms with E-state index >= 15 is 0 Å². The number of hydrogen-bond donors (Lipinski definition) is 0. The summed E-state index contributed by atoms with van der Waals surface area (Å²) in [6, 6.07) is 3.52. The van der Waals surface area contributed by atoms with Gasteiger partial charge in [-0.05, 0) is 50.5 Å². The van der Waals surface area contributed by atoms with Crippen LogP contribution in [0, 0.1) is 0 Å². The predicted octanol–water partition coefficient (Wildman–Crippen LogP) is 4.52. The highest BCUT2D eigenvalue weighted by atomic mass is 19.4. The van der Waals surface area contributed by atoms with Crippen molar-refractivity contribution in [3.8, 4) is 0 Å². The fourth-order valence-electron chi connectivity index (χ4n) is 2.69. The van der Waals surface area contributed by atoms with E-state index in [1.807, 2.05) is 0 Å². The Balaban J connectivity index is 2.25. The summed E-state index contributed by atoms with van der Waals surface area (Å²) in [5, 5.41) is 0. The highest BCUT2D eigenvalue weighted by molar-refractivity contribution is 5.92. The van der Waals surface area contributed by atoms with Crippen LogP contribution in [0.15, 0.2) is 24.3 Å². The van der Waals surface area contributed by atoms with Gasteiger partial charge in [0.25, 0.3) is 0 Å². The van der Waals surface area contributed by atoms with Crippen LogP contribution in [0.25, 0.3) is 5.57 Å². The lowest BCUT2D eigenvalue weighted by molar-refractivity contribution is -0.138. The van der Waals surface area contributed by atoms with E-state index in [-0.39, 0.29) is 6.54 Å². The lowest BCUT2D eigenvalue weighted by atomic mass is 9.95. The van der Waals surface area contributed by atoms with E-state index in [1.165, 1.54) is 11.0 Å². The smallest absolute Gasteiger partial charge is 0.417 e. The number of methoxy groups -OCH3 is 1. The fraction of sp³-hybridized carbons (Fsp3) is 0.474. The molecule has 1 aromatic rings. The normalized spacial score (nSPS) is 15.2. The first kappa shape index (κ1) is 20.8. The monoisotopic (exact) mass is 385 g/mol. The maximum absolute atomic E-state index is 13.3. The number of nitrogens with zero attached hydrogens (tertiary/aromatic N) is 1. The third-order valence-corrected chi connectivity index (χ3v) is 3.96. The number of halogens is 3. The Labute approximate surface area is 155 Å². The van der Waals surface area contributed by atoms with Gasteiger partial charge in [0.1, 0.15) is 5.60 Å². The Kier molecular flexibility index (Phi) is 5.87. The van der Waals surface area contributed by atoms with Gasteiger partial charge in [-0.1, -0.05) is 12.1 Å². The molecule has 0 aliphatic carbocycles. The highest BCUT2D eigenvalue weighted by Crippen LogP contribution is 2.35. The van der Waals surface area contributed by atoms with Crippen LogP contribution >= 0.6 is 0 Å². The summed E-state index contributed by atoms with van der Waals surface area (Å²) in [5.74, 6) is -1.04. The van der Waals surface area contributed by atoms with Crippen molar-refractivity contribution in [2.75, 3.05) is 20.2 Å². The van der Waals surface area contributed by atoms with Crippen molar-refractivity contribution >= 4 is 17.6 Å². The molecule has 8 heteroatoms. The van der Waals surface area contributed by atoms with Crippen molar-refractivity contribution in [2.45, 2.75) is 39.0 Å². The van der Waals surface area contributed by atoms with Gasteiger partial charge in [0.05, 0.1) is 18.2 Å². The molecule has 1 aromatic carbocycles. The number of esters is 1. The minimum atomic E-state index is -4.68. The summed E-state index contributed by atoms with van der Waals surface area (Å²) in [6.45, 7) is 5.86. The van der Waals surface area contributed by atoms with Crippen LogP contribution in [0.5, 0.6) is 0 Å². The molecule has 0 radical (unpaired) electrons. The molecule has 0 saturated carbocycles. The van der Waals surface area contributed by atoms with E-state index in [0.29, 0.717) is 24.1 Å². The molecule has 1 aliphatic heterocycles. The molecule has 148 valence electrons. The molecule has 0 atom stereocenters. The number of rotatable bonds is 2. The molecule has 0 aromatic heterocycles. The summed E-state index contributed by atoms with van der Waals surface area (Å²) in [6.07, 6.45) is -3.07. The number of ether oxygens (including phenoxy) is 2. The number of carbonyl (C=O) groups excluding carboxylic acids is 2. The summed E-state index contributed by atoms with van der Waals surface area (Å²) in [7, 11) is 1.03. The average molecular weight is 385 g/mol. The van der Waals surface area contributed by atoms with Crippen molar-refractivity contribution in [1.29, 1.82) is 0 Å². The maximum atomic E-state index is 13.3. The predicted molar refractivity (Wildman–Crippen MR) is 93.2 cm³/mol. The highest BCUT2D eigenvalue weighted by Gasteiger charge is 2.36. The Morgan fingerprint density at radius 2 is 1.81 bits per heavy atom. The molecule has 0 saturated heterocycles. The van der Waals surface area contributed by atoms with Crippen molar-refractivity contribution in [3.05, 3.63) is 41.0 Å². The number of amides is 1. The lowest BCUT2D eigenvalue weighted by Gasteiger charge is -2.29. The molecule has 5 nitrogen and oxygen atoms in total. The summed E-state index contributed by atoms with van der Waals surface area (Å²) in [5.41, 5.74) is -1.15. The Bertz CT molecular complexity index is 763. The van der Waals surface area contributed by atoms with E-state index < -0.39 is 35.0 Å². The van der Waals surface area contributed by atoms with Gasteiger partial charge < -0.3 is 14.4 Å². The van der Waals surface area contributed by atoms with E-state index in [2.05, 4.69) is 4.74 Å². The molecule has 0 N–H and O–H groups in total. The van der Waals surface area contributed by atoms with Crippen molar-refractivity contribution in [2.24, 2.45) is 0 Å². The third kappa shape index (κ3) is 5.24. The molecule has 0 fully saturated rings. The van der Waals surface area contributed by atoms with Crippen molar-refractivity contribution < 1.29 is 32.2 Å². The fourth-order valence-corrected chi connectivity index (χ4v) is 2.69. The zero-order valence-corrected chi connectivity index (χ0v) is 15.6. The second kappa shape index (κ2) is 7.62. The first-order valence-electron chi connectivity index (χ1n) is 8.39. The summed E-state index contributed by atoms with van der Waals surface area (Å²) >= 11 is 0. The first-order valence-corrected chi connectivity index (χ1v) is 8.39. The van der Waals surface area contributed by atoms with Gasteiger partial charge in [-0.25, -0.2) is 9.59 Å². The number of alkyl halides is 3. The number of carbonyl (C=O) groups is 2. The molecule has 1 aliphatic rings. The van der Waals surface area contributed by atoms with E-state index in [9.17, 15) is 22.8 Å². The Morgan fingerprint density at radius 1 is 1.15 bits per heavy atom. The van der Waals surface area contributed by atoms with Gasteiger partial charge in [0.15, 0.2) is 0 Å². The molecular formula is C19H22F3NO4. The minimum Gasteiger partial charge on any atom is -0.465 e. The van der Waals surface area contributed by atoms with Gasteiger partial charge in [-0.15, -0.1) is 0 Å². The van der Waals surface area contributed by atoms with Crippen LogP contribution in [0.3, 0.4) is 0 Å². The molecule has 2 rings (SSSR count). The van der Waals surface area contributed by atoms with Gasteiger partial charge >= 0.3 is 18.2 Å². The number of benzene rings is 1. The van der Waals surface area contributed by atoms with E-state index in [4.69, 9.17) is 4.74 Å². The summed E-state index contributed by atoms with van der Waals surface area (Å²) in [4.78, 5) is 25.2. The molecule has 0 bridgehead atoms. The molecule has 0 spiro atoms. The quantitative estimate of drug-likeness (QED) is 0.703. The van der Waals surface area contributed by atoms with E-state index in [0.717, 1.165) is 19.2 Å². The zero-order chi connectivity index (χ0) is 20.4. The van der Waals surface area contributed by atoms with Crippen LogP contribution in [0.1, 0.15) is 48.7 Å². The van der Waals surface area contributed by atoms with Crippen LogP contribution in [-0.2, 0) is 15.7 Å². The molecular weight excluding hydrogens is 363 g/mol. The van der Waals surface area contributed by atoms with Gasteiger partial charge in [0, 0.05) is 13.1 Å². The van der Waals surface area contributed by atoms with E-state index in [1.54, 1.807) is 26.8 Å². The van der Waals surface area contributed by atoms with Crippen LogP contribution < -0.4 is 0 Å². The Hall–Kier alpha value is -2.51. The van der Waals surface area contributed by atoms with Crippen LogP contribution in [-0.4, -0.2) is 42.8 Å². The first-order chi connectivity index (χ1) is 12.4. The second-order valence-corrected chi connectivity index (χ2v) is 7.16. The SMILES string of the molecule is COC(=O)c1ccc(C2=CCN(C(=O)OC(C)(C)C)CC2)cc1C(F)(F)F. The molecule has 1 heterocycles. The van der Waals surface area contributed by atoms with Gasteiger partial charge in [-0.3, -0.25) is 0 Å².